The van der Waals surface area contributed by atoms with E-state index in [1.807, 2.05) is 32.0 Å². The zero-order chi connectivity index (χ0) is 40.3. The molecule has 7 rings (SSSR count). The first-order chi connectivity index (χ1) is 25.5. The fourth-order valence-electron chi connectivity index (χ4n) is 14.2. The van der Waals surface area contributed by atoms with Gasteiger partial charge in [-0.2, -0.15) is 0 Å². The molecule has 53 heavy (non-hydrogen) atoms. The summed E-state index contributed by atoms with van der Waals surface area (Å²) in [7, 11) is 0. The number of ether oxygens (including phenoxy) is 1. The molecule has 0 aromatic heterocycles. The lowest BCUT2D eigenvalue weighted by Crippen LogP contribution is -2.66. The average molecular weight is 732 g/mol. The van der Waals surface area contributed by atoms with Crippen LogP contribution in [0.25, 0.3) is 0 Å². The summed E-state index contributed by atoms with van der Waals surface area (Å²) in [6, 6.07) is 9.02. The summed E-state index contributed by atoms with van der Waals surface area (Å²) in [5.74, 6) is -0.821. The molecule has 5 fully saturated rings. The minimum absolute atomic E-state index is 0.00344. The smallest absolute Gasteiger partial charge is 0.309 e. The van der Waals surface area contributed by atoms with Crippen molar-refractivity contribution in [1.29, 1.82) is 0 Å². The van der Waals surface area contributed by atoms with Crippen LogP contribution in [0.2, 0.25) is 0 Å². The molecule has 1 aromatic rings. The second-order valence-electron chi connectivity index (χ2n) is 20.5. The Hall–Kier alpha value is -2.51. The molecule has 3 N–H and O–H groups in total. The number of fused-ring (bicyclic) bond motifs is 7. The molecule has 0 saturated heterocycles. The Balaban J connectivity index is 1.14. The number of Topliss-reactive ketones (excluding diaryl/α,β-unsaturated/α-hetero) is 1. The van der Waals surface area contributed by atoms with Crippen molar-refractivity contribution in [3.63, 3.8) is 0 Å². The van der Waals surface area contributed by atoms with Crippen LogP contribution in [0.15, 0.2) is 41.5 Å². The van der Waals surface area contributed by atoms with Crippen molar-refractivity contribution >= 4 is 17.7 Å². The Morgan fingerprint density at radius 2 is 1.58 bits per heavy atom. The van der Waals surface area contributed by atoms with Crippen LogP contribution >= 0.6 is 0 Å². The highest BCUT2D eigenvalue weighted by atomic mass is 16.5. The van der Waals surface area contributed by atoms with Gasteiger partial charge >= 0.3 is 11.9 Å². The van der Waals surface area contributed by atoms with E-state index >= 15 is 0 Å². The van der Waals surface area contributed by atoms with Crippen LogP contribution in [-0.2, 0) is 25.6 Å². The van der Waals surface area contributed by atoms with Crippen molar-refractivity contribution in [3.8, 4) is 0 Å². The van der Waals surface area contributed by atoms with Gasteiger partial charge in [0, 0.05) is 33.0 Å². The number of ketones is 1. The van der Waals surface area contributed by atoms with E-state index in [1.54, 1.807) is 12.1 Å². The lowest BCUT2D eigenvalue weighted by atomic mass is 9.33. The van der Waals surface area contributed by atoms with Crippen LogP contribution in [-0.4, -0.2) is 46.7 Å². The molecule has 0 heterocycles. The molecule has 6 aliphatic rings. The van der Waals surface area contributed by atoms with E-state index in [0.29, 0.717) is 36.7 Å². The highest BCUT2D eigenvalue weighted by molar-refractivity contribution is 6.00. The highest BCUT2D eigenvalue weighted by Gasteiger charge is 2.71. The number of allylic oxidation sites excluding steroid dienone is 1. The number of benzene rings is 1. The predicted octanol–water partition coefficient (Wildman–Crippen LogP) is 8.78. The van der Waals surface area contributed by atoms with Gasteiger partial charge in [0.2, 0.25) is 0 Å². The number of carboxylic acids is 1. The number of rotatable bonds is 9. The zero-order valence-corrected chi connectivity index (χ0v) is 33.8. The fraction of sp³-hybridized carbons (Fsp3) is 0.761. The summed E-state index contributed by atoms with van der Waals surface area (Å²) < 4.78 is 23.9. The SMILES string of the molecule is [2H]C([2H])(NC[C@H](O)[C@@]12CC[C@]3(C)[C@H](CC[C@@H]4[C@@]5(C)CC[C@H](OC(=O)[C@H]6C[C@@H](C(=O)O)C6(C)C)C(C)(C)[C@@H]5CC[C@]43C)C1=C(C(C)C)C(=O)C2)c1ccccc1. The Morgan fingerprint density at radius 1 is 0.887 bits per heavy atom. The van der Waals surface area contributed by atoms with E-state index in [1.165, 1.54) is 5.57 Å². The maximum absolute atomic E-state index is 14.1. The molecule has 0 radical (unpaired) electrons. The molecule has 0 unspecified atom stereocenters. The van der Waals surface area contributed by atoms with Gasteiger partial charge in [-0.05, 0) is 114 Å². The quantitative estimate of drug-likeness (QED) is 0.218. The molecule has 6 aliphatic carbocycles. The van der Waals surface area contributed by atoms with Gasteiger partial charge in [0.15, 0.2) is 5.78 Å². The van der Waals surface area contributed by atoms with E-state index in [0.717, 1.165) is 50.5 Å². The molecule has 0 aliphatic heterocycles. The van der Waals surface area contributed by atoms with Crippen LogP contribution in [0.4, 0.5) is 0 Å². The standard InChI is InChI=1S/C46H67NO6/c1-27(2)37-32(48)24-46(35(49)26-47-25-28-13-11-10-12-14-28)22-21-44(8)29(38(37)46)15-16-34-43(7)19-18-36(42(5,6)33(43)17-20-45(34,44)9)53-40(52)31-23-30(39(50)51)41(31,3)4/h10-14,27,29-31,33-36,47,49H,15-26H2,1-9H3,(H,50,51)/t29-,30+,31-,33+,34-,35+,36+,43+,44-,45-,46+/m1/s1/i25D2. The molecular formula is C46H67NO6. The van der Waals surface area contributed by atoms with E-state index in [2.05, 4.69) is 53.8 Å². The van der Waals surface area contributed by atoms with Crippen LogP contribution in [0, 0.1) is 68.0 Å². The Labute approximate surface area is 321 Å². The van der Waals surface area contributed by atoms with Crippen molar-refractivity contribution < 1.29 is 32.1 Å². The Bertz CT molecular complexity index is 1750. The highest BCUT2D eigenvalue weighted by Crippen LogP contribution is 2.77. The van der Waals surface area contributed by atoms with Crippen molar-refractivity contribution in [2.24, 2.45) is 68.0 Å². The number of carboxylic acid groups (broad SMARTS) is 1. The molecule has 7 heteroatoms. The third-order valence-electron chi connectivity index (χ3n) is 17.5. The summed E-state index contributed by atoms with van der Waals surface area (Å²) in [6.45, 7) is 18.4. The van der Waals surface area contributed by atoms with Crippen LogP contribution in [0.1, 0.15) is 135 Å². The number of carbonyl (C=O) groups is 3. The number of carbonyl (C=O) groups excluding carboxylic acids is 2. The van der Waals surface area contributed by atoms with E-state index in [9.17, 15) is 24.6 Å². The lowest BCUT2D eigenvalue weighted by Gasteiger charge is -2.72. The van der Waals surface area contributed by atoms with Gasteiger partial charge < -0.3 is 20.3 Å². The molecule has 7 nitrogen and oxygen atoms in total. The summed E-state index contributed by atoms with van der Waals surface area (Å²) in [6.07, 6.45) is 7.01. The van der Waals surface area contributed by atoms with Crippen LogP contribution in [0.3, 0.4) is 0 Å². The molecule has 0 spiro atoms. The van der Waals surface area contributed by atoms with Crippen molar-refractivity contribution in [3.05, 3.63) is 47.0 Å². The van der Waals surface area contributed by atoms with E-state index in [4.69, 9.17) is 7.48 Å². The topological polar surface area (TPSA) is 113 Å². The Kier molecular flexibility index (Phi) is 8.89. The summed E-state index contributed by atoms with van der Waals surface area (Å²) in [5, 5.41) is 24.9. The van der Waals surface area contributed by atoms with E-state index < -0.39 is 41.2 Å². The first-order valence-electron chi connectivity index (χ1n) is 21.7. The molecule has 292 valence electrons. The molecule has 11 atom stereocenters. The van der Waals surface area contributed by atoms with Gasteiger partial charge in [-0.25, -0.2) is 0 Å². The van der Waals surface area contributed by atoms with Crippen molar-refractivity contribution in [1.82, 2.24) is 5.32 Å². The largest absolute Gasteiger partial charge is 0.481 e. The molecule has 5 saturated carbocycles. The minimum Gasteiger partial charge on any atom is -0.481 e. The third-order valence-corrected chi connectivity index (χ3v) is 17.5. The number of aliphatic hydroxyl groups excluding tert-OH is 1. The predicted molar refractivity (Wildman–Crippen MR) is 206 cm³/mol. The maximum atomic E-state index is 14.1. The first kappa shape index (κ1) is 36.1. The second-order valence-corrected chi connectivity index (χ2v) is 20.5. The summed E-state index contributed by atoms with van der Waals surface area (Å²) >= 11 is 0. The van der Waals surface area contributed by atoms with Gasteiger partial charge in [0.25, 0.3) is 0 Å². The van der Waals surface area contributed by atoms with Crippen molar-refractivity contribution in [2.75, 3.05) is 6.54 Å². The van der Waals surface area contributed by atoms with Gasteiger partial charge in [0.1, 0.15) is 6.10 Å². The molecule has 0 amide bonds. The number of aliphatic hydroxyl groups is 1. The van der Waals surface area contributed by atoms with Crippen LogP contribution < -0.4 is 5.32 Å². The van der Waals surface area contributed by atoms with Gasteiger partial charge in [-0.1, -0.05) is 98.2 Å². The number of hydrogen-bond acceptors (Lipinski definition) is 6. The minimum atomic E-state index is -1.82. The third kappa shape index (κ3) is 5.58. The van der Waals surface area contributed by atoms with Crippen molar-refractivity contribution in [2.45, 2.75) is 145 Å². The summed E-state index contributed by atoms with van der Waals surface area (Å²) in [5.41, 5.74) is 1.01. The molecular weight excluding hydrogens is 663 g/mol. The lowest BCUT2D eigenvalue weighted by molar-refractivity contribution is -0.238. The van der Waals surface area contributed by atoms with Gasteiger partial charge in [-0.3, -0.25) is 14.4 Å². The average Bonchev–Trinajstić information content (AvgIpc) is 3.41. The summed E-state index contributed by atoms with van der Waals surface area (Å²) in [4.78, 5) is 39.5. The van der Waals surface area contributed by atoms with Crippen LogP contribution in [0.5, 0.6) is 0 Å². The molecule has 0 bridgehead atoms. The molecule has 1 aromatic carbocycles. The first-order valence-corrected chi connectivity index (χ1v) is 20.7. The monoisotopic (exact) mass is 732 g/mol. The normalized spacial score (nSPS) is 42.6. The van der Waals surface area contributed by atoms with Gasteiger partial charge in [0.05, 0.1) is 17.9 Å². The van der Waals surface area contributed by atoms with E-state index in [-0.39, 0.29) is 57.9 Å². The number of nitrogens with one attached hydrogen (secondary N) is 1. The number of esters is 1. The second kappa shape index (κ2) is 13.0. The zero-order valence-electron chi connectivity index (χ0n) is 35.8. The Morgan fingerprint density at radius 3 is 2.23 bits per heavy atom. The maximum Gasteiger partial charge on any atom is 0.309 e. The van der Waals surface area contributed by atoms with Gasteiger partial charge in [-0.15, -0.1) is 0 Å². The fourth-order valence-corrected chi connectivity index (χ4v) is 14.2. The number of hydrogen-bond donors (Lipinski definition) is 3. The number of aliphatic carboxylic acids is 1.